The summed E-state index contributed by atoms with van der Waals surface area (Å²) in [5, 5.41) is 4.00. The van der Waals surface area contributed by atoms with Gasteiger partial charge < -0.3 is 28.9 Å². The third kappa shape index (κ3) is 4.24. The molecule has 2 heterocycles. The summed E-state index contributed by atoms with van der Waals surface area (Å²) >= 11 is 15.8. The molecule has 0 unspecified atom stereocenters. The number of thiazole rings is 1. The van der Waals surface area contributed by atoms with Crippen LogP contribution in [-0.2, 0) is 6.54 Å². The Labute approximate surface area is 200 Å². The van der Waals surface area contributed by atoms with E-state index in [0.29, 0.717) is 0 Å². The topological polar surface area (TPSA) is 7.12 Å². The van der Waals surface area contributed by atoms with Gasteiger partial charge in [-0.3, -0.25) is 0 Å². The molecule has 146 valence electrons. The molecule has 1 aromatic heterocycles. The number of hydrogen-bond acceptors (Lipinski definition) is 3. The molecule has 1 aliphatic rings. The fourth-order valence-electron chi connectivity index (χ4n) is 3.27. The Hall–Kier alpha value is -0.730. The molecule has 3 aromatic rings. The summed E-state index contributed by atoms with van der Waals surface area (Å²) in [5.41, 5.74) is 2.46. The first-order chi connectivity index (χ1) is 13.1. The molecule has 0 bridgehead atoms. The van der Waals surface area contributed by atoms with E-state index < -0.39 is 0 Å². The van der Waals surface area contributed by atoms with Crippen LogP contribution in [0.4, 0.5) is 5.69 Å². The summed E-state index contributed by atoms with van der Waals surface area (Å²) in [5.74, 6) is 0. The van der Waals surface area contributed by atoms with Gasteiger partial charge in [0.15, 0.2) is 0 Å². The van der Waals surface area contributed by atoms with Gasteiger partial charge in [-0.1, -0.05) is 52.4 Å². The molecule has 2 nitrogen and oxygen atoms in total. The molecule has 4 rings (SSSR count). The van der Waals surface area contributed by atoms with Crippen LogP contribution in [0.3, 0.4) is 0 Å². The summed E-state index contributed by atoms with van der Waals surface area (Å²) in [6.45, 7) is 6.19. The maximum atomic E-state index is 6.15. The van der Waals surface area contributed by atoms with Crippen molar-refractivity contribution in [2.75, 3.05) is 11.4 Å². The SMILES string of the molecule is CCN1/C(=C\C=C\c2sc3cc(Cl)ccc3[n+]2CC)Sc2cc(Cl)ccc21.[I-]. The van der Waals surface area contributed by atoms with Crippen LogP contribution < -0.4 is 33.4 Å². The molecule has 0 saturated heterocycles. The fraction of sp³-hybridized carbons (Fsp3) is 0.190. The third-order valence-corrected chi connectivity index (χ3v) is 7.19. The Morgan fingerprint density at radius 1 is 1.07 bits per heavy atom. The number of fused-ring (bicyclic) bond motifs is 2. The summed E-state index contributed by atoms with van der Waals surface area (Å²) in [4.78, 5) is 3.53. The third-order valence-electron chi connectivity index (χ3n) is 4.50. The van der Waals surface area contributed by atoms with Gasteiger partial charge in [0.1, 0.15) is 11.2 Å². The van der Waals surface area contributed by atoms with Crippen LogP contribution in [0, 0.1) is 0 Å². The van der Waals surface area contributed by atoms with Crippen LogP contribution in [0.25, 0.3) is 16.3 Å². The molecule has 7 heteroatoms. The van der Waals surface area contributed by atoms with E-state index in [4.69, 9.17) is 23.2 Å². The average Bonchev–Trinajstić information content (AvgIpc) is 3.17. The second-order valence-corrected chi connectivity index (χ2v) is 9.12. The molecule has 0 saturated carbocycles. The van der Waals surface area contributed by atoms with E-state index in [1.54, 1.807) is 23.1 Å². The number of allylic oxidation sites excluding steroid dienone is 2. The number of rotatable bonds is 4. The van der Waals surface area contributed by atoms with Crippen LogP contribution in [0.2, 0.25) is 10.0 Å². The number of aryl methyl sites for hydroxylation is 1. The molecule has 0 spiro atoms. The van der Waals surface area contributed by atoms with E-state index in [2.05, 4.69) is 53.7 Å². The number of thioether (sulfide) groups is 1. The fourth-order valence-corrected chi connectivity index (χ4v) is 6.10. The first kappa shape index (κ1) is 22.0. The Balaban J connectivity index is 0.00000225. The minimum Gasteiger partial charge on any atom is -1.00 e. The van der Waals surface area contributed by atoms with Gasteiger partial charge in [0, 0.05) is 33.6 Å². The summed E-state index contributed by atoms with van der Waals surface area (Å²) in [6, 6.07) is 12.2. The van der Waals surface area contributed by atoms with E-state index in [9.17, 15) is 0 Å². The highest BCUT2D eigenvalue weighted by atomic mass is 127. The largest absolute Gasteiger partial charge is 1.00 e. The van der Waals surface area contributed by atoms with E-state index in [1.165, 1.54) is 30.8 Å². The van der Waals surface area contributed by atoms with Gasteiger partial charge in [-0.2, -0.15) is 4.57 Å². The highest BCUT2D eigenvalue weighted by Gasteiger charge is 2.23. The lowest BCUT2D eigenvalue weighted by Gasteiger charge is -2.17. The lowest BCUT2D eigenvalue weighted by atomic mass is 10.3. The minimum absolute atomic E-state index is 0. The molecular weight excluding hydrogens is 542 g/mol. The molecule has 2 aromatic carbocycles. The standard InChI is InChI=1S/C21H19Cl2N2S2.HI/c1-3-24-16-10-8-14(22)12-18(16)26-20(24)6-5-7-21-25(4-2)17-11-9-15(23)13-19(17)27-21;/h5-13H,3-4H2,1-2H3;1H/q+1;/p-1. The Kier molecular flexibility index (Phi) is 7.37. The summed E-state index contributed by atoms with van der Waals surface area (Å²) in [7, 11) is 0. The first-order valence-electron chi connectivity index (χ1n) is 8.86. The quantitative estimate of drug-likeness (QED) is 0.352. The predicted molar refractivity (Wildman–Crippen MR) is 120 cm³/mol. The van der Waals surface area contributed by atoms with Crippen LogP contribution >= 0.6 is 46.3 Å². The lowest BCUT2D eigenvalue weighted by Crippen LogP contribution is -3.00. The highest BCUT2D eigenvalue weighted by Crippen LogP contribution is 2.46. The number of hydrogen-bond donors (Lipinski definition) is 0. The maximum absolute atomic E-state index is 6.15. The van der Waals surface area contributed by atoms with Crippen molar-refractivity contribution >= 4 is 68.3 Å². The van der Waals surface area contributed by atoms with Crippen LogP contribution in [-0.4, -0.2) is 6.54 Å². The van der Waals surface area contributed by atoms with Crippen molar-refractivity contribution in [2.45, 2.75) is 25.3 Å². The lowest BCUT2D eigenvalue weighted by molar-refractivity contribution is -0.665. The molecule has 0 amide bonds. The van der Waals surface area contributed by atoms with E-state index in [0.717, 1.165) is 23.1 Å². The van der Waals surface area contributed by atoms with Crippen LogP contribution in [0.15, 0.2) is 58.5 Å². The van der Waals surface area contributed by atoms with Gasteiger partial charge in [-0.05, 0) is 50.3 Å². The summed E-state index contributed by atoms with van der Waals surface area (Å²) < 4.78 is 3.53. The molecule has 0 atom stereocenters. The van der Waals surface area contributed by atoms with Crippen molar-refractivity contribution in [1.82, 2.24) is 0 Å². The highest BCUT2D eigenvalue weighted by molar-refractivity contribution is 8.03. The van der Waals surface area contributed by atoms with Crippen molar-refractivity contribution in [1.29, 1.82) is 0 Å². The number of halogens is 3. The zero-order chi connectivity index (χ0) is 19.0. The molecule has 1 aliphatic heterocycles. The number of aromatic nitrogens is 1. The van der Waals surface area contributed by atoms with Gasteiger partial charge in [0.25, 0.3) is 5.01 Å². The van der Waals surface area contributed by atoms with Crippen molar-refractivity contribution in [3.05, 3.63) is 68.6 Å². The van der Waals surface area contributed by atoms with E-state index in [1.807, 2.05) is 24.3 Å². The maximum Gasteiger partial charge on any atom is 0.262 e. The molecule has 0 aliphatic carbocycles. The molecular formula is C21H19Cl2IN2S2. The minimum atomic E-state index is 0. The van der Waals surface area contributed by atoms with Gasteiger partial charge >= 0.3 is 0 Å². The summed E-state index contributed by atoms with van der Waals surface area (Å²) in [6.07, 6.45) is 6.50. The Morgan fingerprint density at radius 2 is 1.82 bits per heavy atom. The van der Waals surface area contributed by atoms with Crippen LogP contribution in [0.1, 0.15) is 18.9 Å². The van der Waals surface area contributed by atoms with Gasteiger partial charge in [0.05, 0.1) is 10.7 Å². The Bertz CT molecular complexity index is 1080. The van der Waals surface area contributed by atoms with E-state index in [-0.39, 0.29) is 24.0 Å². The van der Waals surface area contributed by atoms with Gasteiger partial charge in [0.2, 0.25) is 5.52 Å². The molecule has 0 N–H and O–H groups in total. The molecule has 0 fully saturated rings. The zero-order valence-electron chi connectivity index (χ0n) is 15.5. The van der Waals surface area contributed by atoms with Gasteiger partial charge in [-0.15, -0.1) is 0 Å². The normalized spacial score (nSPS) is 14.9. The first-order valence-corrected chi connectivity index (χ1v) is 11.2. The van der Waals surface area contributed by atoms with Crippen LogP contribution in [0.5, 0.6) is 0 Å². The average molecular weight is 561 g/mol. The number of nitrogens with zero attached hydrogens (tertiary/aromatic N) is 2. The zero-order valence-corrected chi connectivity index (χ0v) is 20.8. The second-order valence-electron chi connectivity index (χ2n) is 6.12. The molecule has 28 heavy (non-hydrogen) atoms. The van der Waals surface area contributed by atoms with Crippen molar-refractivity contribution < 1.29 is 28.5 Å². The number of benzene rings is 2. The monoisotopic (exact) mass is 560 g/mol. The number of anilines is 1. The van der Waals surface area contributed by atoms with Gasteiger partial charge in [-0.25, -0.2) is 0 Å². The second kappa shape index (κ2) is 9.39. The van der Waals surface area contributed by atoms with E-state index >= 15 is 0 Å². The Morgan fingerprint density at radius 3 is 2.57 bits per heavy atom. The van der Waals surface area contributed by atoms with Crippen molar-refractivity contribution in [3.63, 3.8) is 0 Å². The smallest absolute Gasteiger partial charge is 0.262 e. The van der Waals surface area contributed by atoms with Crippen molar-refractivity contribution in [3.8, 4) is 0 Å². The van der Waals surface area contributed by atoms with Crippen molar-refractivity contribution in [2.24, 2.45) is 0 Å². The molecule has 0 radical (unpaired) electrons. The predicted octanol–water partition coefficient (Wildman–Crippen LogP) is 4.01.